The zero-order chi connectivity index (χ0) is 21.9. The predicted molar refractivity (Wildman–Crippen MR) is 111 cm³/mol. The highest BCUT2D eigenvalue weighted by Gasteiger charge is 2.34. The Kier molecular flexibility index (Phi) is 6.33. The summed E-state index contributed by atoms with van der Waals surface area (Å²) in [5.74, 6) is -1.20. The average Bonchev–Trinajstić information content (AvgIpc) is 2.96. The highest BCUT2D eigenvalue weighted by Crippen LogP contribution is 2.22. The van der Waals surface area contributed by atoms with Gasteiger partial charge in [-0.2, -0.15) is 0 Å². The lowest BCUT2D eigenvalue weighted by Crippen LogP contribution is -2.37. The molecule has 0 fully saturated rings. The maximum absolute atomic E-state index is 12.4. The first-order valence-electron chi connectivity index (χ1n) is 9.49. The van der Waals surface area contributed by atoms with Crippen molar-refractivity contribution in [3.8, 4) is 0 Å². The Balaban J connectivity index is 1.45. The molecule has 0 radical (unpaired) electrons. The van der Waals surface area contributed by atoms with E-state index < -0.39 is 21.8 Å². The number of carbonyl (C=O) groups excluding carboxylic acids is 3. The Morgan fingerprint density at radius 2 is 1.60 bits per heavy atom. The summed E-state index contributed by atoms with van der Waals surface area (Å²) in [6.45, 7) is 3.61. The number of nitrogens with zero attached hydrogens (tertiary/aromatic N) is 1. The Morgan fingerprint density at radius 1 is 0.967 bits per heavy atom. The van der Waals surface area contributed by atoms with Gasteiger partial charge in [0.1, 0.15) is 0 Å². The summed E-state index contributed by atoms with van der Waals surface area (Å²) in [5.41, 5.74) is 2.15. The second kappa shape index (κ2) is 8.76. The third kappa shape index (κ3) is 4.58. The number of benzene rings is 2. The van der Waals surface area contributed by atoms with Crippen molar-refractivity contribution in [2.45, 2.75) is 25.2 Å². The molecular weight excluding hydrogens is 406 g/mol. The standard InChI is InChI=1S/C21H23N3O5S/c1-14-7-8-15(2)18(13-14)30(28,29)23-11-10-22-19(25)9-12-24-20(26)16-5-3-4-6-17(16)21(24)27/h3-8,13,23H,9-12H2,1-2H3,(H,22,25). The molecule has 0 aliphatic carbocycles. The summed E-state index contributed by atoms with van der Waals surface area (Å²) >= 11 is 0. The lowest BCUT2D eigenvalue weighted by molar-refractivity contribution is -0.121. The number of hydrogen-bond donors (Lipinski definition) is 2. The number of carbonyl (C=O) groups is 3. The average molecular weight is 429 g/mol. The van der Waals surface area contributed by atoms with Gasteiger partial charge >= 0.3 is 0 Å². The summed E-state index contributed by atoms with van der Waals surface area (Å²) in [4.78, 5) is 37.8. The van der Waals surface area contributed by atoms with Crippen molar-refractivity contribution in [1.29, 1.82) is 0 Å². The molecule has 1 aliphatic rings. The van der Waals surface area contributed by atoms with Gasteiger partial charge in [-0.25, -0.2) is 13.1 Å². The molecule has 2 N–H and O–H groups in total. The van der Waals surface area contributed by atoms with Crippen LogP contribution in [0.25, 0.3) is 0 Å². The zero-order valence-corrected chi connectivity index (χ0v) is 17.6. The normalized spacial score (nSPS) is 13.5. The van der Waals surface area contributed by atoms with Gasteiger partial charge in [-0.1, -0.05) is 24.3 Å². The van der Waals surface area contributed by atoms with Crippen molar-refractivity contribution in [3.05, 3.63) is 64.7 Å². The monoisotopic (exact) mass is 429 g/mol. The van der Waals surface area contributed by atoms with Crippen LogP contribution in [0, 0.1) is 13.8 Å². The van der Waals surface area contributed by atoms with E-state index in [0.717, 1.165) is 10.5 Å². The molecule has 2 aromatic carbocycles. The van der Waals surface area contributed by atoms with Crippen LogP contribution in [0.5, 0.6) is 0 Å². The van der Waals surface area contributed by atoms with Crippen molar-refractivity contribution in [2.75, 3.05) is 19.6 Å². The Hall–Kier alpha value is -3.04. The van der Waals surface area contributed by atoms with Crippen LogP contribution in [-0.4, -0.2) is 50.7 Å². The SMILES string of the molecule is Cc1ccc(C)c(S(=O)(=O)NCCNC(=O)CCN2C(=O)c3ccccc3C2=O)c1. The molecule has 1 heterocycles. The van der Waals surface area contributed by atoms with Crippen LogP contribution in [0.4, 0.5) is 0 Å². The largest absolute Gasteiger partial charge is 0.355 e. The molecule has 3 amide bonds. The van der Waals surface area contributed by atoms with Gasteiger partial charge in [0.2, 0.25) is 15.9 Å². The number of nitrogens with one attached hydrogen (secondary N) is 2. The molecule has 0 saturated carbocycles. The molecule has 0 atom stereocenters. The van der Waals surface area contributed by atoms with Crippen molar-refractivity contribution in [2.24, 2.45) is 0 Å². The maximum atomic E-state index is 12.4. The fourth-order valence-electron chi connectivity index (χ4n) is 3.21. The van der Waals surface area contributed by atoms with E-state index in [2.05, 4.69) is 10.0 Å². The number of sulfonamides is 1. The summed E-state index contributed by atoms with van der Waals surface area (Å²) in [7, 11) is -3.68. The highest BCUT2D eigenvalue weighted by molar-refractivity contribution is 7.89. The van der Waals surface area contributed by atoms with Crippen molar-refractivity contribution in [1.82, 2.24) is 14.9 Å². The summed E-state index contributed by atoms with van der Waals surface area (Å²) in [6, 6.07) is 11.7. The van der Waals surface area contributed by atoms with E-state index in [9.17, 15) is 22.8 Å². The fourth-order valence-corrected chi connectivity index (χ4v) is 4.57. The molecule has 0 unspecified atom stereocenters. The van der Waals surface area contributed by atoms with Crippen molar-refractivity contribution in [3.63, 3.8) is 0 Å². The molecule has 2 aromatic rings. The number of fused-ring (bicyclic) bond motifs is 1. The van der Waals surface area contributed by atoms with Crippen LogP contribution >= 0.6 is 0 Å². The Bertz CT molecular complexity index is 1080. The first kappa shape index (κ1) is 21.7. The van der Waals surface area contributed by atoms with Crippen LogP contribution in [0.1, 0.15) is 38.3 Å². The van der Waals surface area contributed by atoms with Gasteiger partial charge in [0, 0.05) is 26.1 Å². The van der Waals surface area contributed by atoms with Crippen LogP contribution in [0.2, 0.25) is 0 Å². The van der Waals surface area contributed by atoms with E-state index in [1.165, 1.54) is 0 Å². The third-order valence-electron chi connectivity index (χ3n) is 4.81. The smallest absolute Gasteiger partial charge is 0.261 e. The zero-order valence-electron chi connectivity index (χ0n) is 16.8. The van der Waals surface area contributed by atoms with Crippen molar-refractivity contribution >= 4 is 27.7 Å². The summed E-state index contributed by atoms with van der Waals surface area (Å²) < 4.78 is 27.3. The van der Waals surface area contributed by atoms with E-state index >= 15 is 0 Å². The van der Waals surface area contributed by atoms with Crippen LogP contribution < -0.4 is 10.0 Å². The molecule has 0 spiro atoms. The van der Waals surface area contributed by atoms with Gasteiger partial charge in [0.15, 0.2) is 0 Å². The van der Waals surface area contributed by atoms with E-state index in [1.54, 1.807) is 43.3 Å². The maximum Gasteiger partial charge on any atom is 0.261 e. The van der Waals surface area contributed by atoms with Gasteiger partial charge in [-0.05, 0) is 43.2 Å². The van der Waals surface area contributed by atoms with Gasteiger partial charge in [-0.15, -0.1) is 0 Å². The second-order valence-electron chi connectivity index (χ2n) is 7.07. The molecule has 0 saturated heterocycles. The fraction of sp³-hybridized carbons (Fsp3) is 0.286. The number of hydrogen-bond acceptors (Lipinski definition) is 5. The predicted octanol–water partition coefficient (Wildman–Crippen LogP) is 1.38. The minimum Gasteiger partial charge on any atom is -0.355 e. The quantitative estimate of drug-likeness (QED) is 0.486. The van der Waals surface area contributed by atoms with Crippen LogP contribution in [-0.2, 0) is 14.8 Å². The van der Waals surface area contributed by atoms with E-state index in [1.807, 2.05) is 13.0 Å². The lowest BCUT2D eigenvalue weighted by Gasteiger charge is -2.14. The van der Waals surface area contributed by atoms with E-state index in [-0.39, 0.29) is 36.9 Å². The number of imide groups is 1. The molecule has 1 aliphatic heterocycles. The third-order valence-corrected chi connectivity index (χ3v) is 6.42. The second-order valence-corrected chi connectivity index (χ2v) is 8.81. The number of rotatable bonds is 8. The topological polar surface area (TPSA) is 113 Å². The molecule has 9 heteroatoms. The highest BCUT2D eigenvalue weighted by atomic mass is 32.2. The summed E-state index contributed by atoms with van der Waals surface area (Å²) in [6.07, 6.45) is -0.0603. The van der Waals surface area contributed by atoms with E-state index in [4.69, 9.17) is 0 Å². The molecule has 3 rings (SSSR count). The van der Waals surface area contributed by atoms with Crippen LogP contribution in [0.3, 0.4) is 0 Å². The molecule has 158 valence electrons. The molecule has 0 bridgehead atoms. The van der Waals surface area contributed by atoms with E-state index in [0.29, 0.717) is 16.7 Å². The van der Waals surface area contributed by atoms with Gasteiger partial charge in [0.05, 0.1) is 16.0 Å². The first-order valence-corrected chi connectivity index (χ1v) is 11.0. The molecule has 30 heavy (non-hydrogen) atoms. The number of aryl methyl sites for hydroxylation is 2. The van der Waals surface area contributed by atoms with Crippen LogP contribution in [0.15, 0.2) is 47.4 Å². The first-order chi connectivity index (χ1) is 14.2. The Labute approximate surface area is 175 Å². The Morgan fingerprint density at radius 3 is 2.23 bits per heavy atom. The lowest BCUT2D eigenvalue weighted by atomic mass is 10.1. The molecular formula is C21H23N3O5S. The number of amides is 3. The minimum absolute atomic E-state index is 0.0223. The summed E-state index contributed by atoms with van der Waals surface area (Å²) in [5, 5.41) is 2.59. The molecule has 8 nitrogen and oxygen atoms in total. The van der Waals surface area contributed by atoms with Gasteiger partial charge in [-0.3, -0.25) is 19.3 Å². The minimum atomic E-state index is -3.68. The van der Waals surface area contributed by atoms with Gasteiger partial charge in [0.25, 0.3) is 11.8 Å². The van der Waals surface area contributed by atoms with Crippen molar-refractivity contribution < 1.29 is 22.8 Å². The molecule has 0 aromatic heterocycles. The van der Waals surface area contributed by atoms with Gasteiger partial charge < -0.3 is 5.32 Å².